The molecule has 0 radical (unpaired) electrons. The van der Waals surface area contributed by atoms with Crippen molar-refractivity contribution in [2.75, 3.05) is 36.4 Å². The third-order valence-electron chi connectivity index (χ3n) is 5.44. The van der Waals surface area contributed by atoms with Crippen LogP contribution < -0.4 is 21.2 Å². The van der Waals surface area contributed by atoms with E-state index in [0.29, 0.717) is 21.9 Å². The molecule has 164 valence electrons. The summed E-state index contributed by atoms with van der Waals surface area (Å²) in [6.45, 7) is 3.40. The number of halogens is 1. The number of thiazole rings is 1. The van der Waals surface area contributed by atoms with Gasteiger partial charge >= 0.3 is 5.69 Å². The predicted molar refractivity (Wildman–Crippen MR) is 121 cm³/mol. The number of hydrogen-bond donors (Lipinski definition) is 2. The number of fused-ring (bicyclic) bond motifs is 1. The van der Waals surface area contributed by atoms with Gasteiger partial charge in [-0.1, -0.05) is 0 Å². The van der Waals surface area contributed by atoms with E-state index in [4.69, 9.17) is 0 Å². The Morgan fingerprint density at radius 3 is 2.84 bits per heavy atom. The van der Waals surface area contributed by atoms with Crippen LogP contribution in [0.4, 0.5) is 15.8 Å². The second-order valence-electron chi connectivity index (χ2n) is 7.41. The van der Waals surface area contributed by atoms with Gasteiger partial charge in [0.15, 0.2) is 5.13 Å². The molecule has 1 aromatic carbocycles. The first-order valence-electron chi connectivity index (χ1n) is 10.1. The highest BCUT2D eigenvalue weighted by atomic mass is 32.1. The van der Waals surface area contributed by atoms with Gasteiger partial charge in [0.25, 0.3) is 5.91 Å². The average Bonchev–Trinajstić information content (AvgIpc) is 3.38. The number of pyridine rings is 1. The van der Waals surface area contributed by atoms with Crippen molar-refractivity contribution >= 4 is 39.7 Å². The first-order valence-corrected chi connectivity index (χ1v) is 10.9. The van der Waals surface area contributed by atoms with E-state index in [1.54, 1.807) is 24.8 Å². The topological polar surface area (TPSA) is 97.1 Å². The number of imidazole rings is 1. The summed E-state index contributed by atoms with van der Waals surface area (Å²) in [5.74, 6) is -0.822. The molecule has 0 unspecified atom stereocenters. The van der Waals surface area contributed by atoms with Gasteiger partial charge < -0.3 is 15.5 Å². The van der Waals surface area contributed by atoms with Gasteiger partial charge in [-0.3, -0.25) is 14.3 Å². The van der Waals surface area contributed by atoms with Gasteiger partial charge in [-0.25, -0.2) is 18.7 Å². The summed E-state index contributed by atoms with van der Waals surface area (Å²) in [5.41, 5.74) is 2.30. The SMILES string of the molecule is Cn1c(=O)n(-c2nc(C(=O)Nc3cnccc3N3CCNCC3)cs2)c2ccc(F)cc21. The normalized spacial score (nSPS) is 14.1. The van der Waals surface area contributed by atoms with Crippen LogP contribution in [0.15, 0.2) is 46.8 Å². The Bertz CT molecular complexity index is 1370. The van der Waals surface area contributed by atoms with E-state index in [1.807, 2.05) is 6.07 Å². The summed E-state index contributed by atoms with van der Waals surface area (Å²) in [4.78, 5) is 36.4. The van der Waals surface area contributed by atoms with Gasteiger partial charge in [-0.05, 0) is 24.3 Å². The van der Waals surface area contributed by atoms with Crippen molar-refractivity contribution in [2.45, 2.75) is 0 Å². The minimum atomic E-state index is -0.429. The van der Waals surface area contributed by atoms with E-state index in [2.05, 4.69) is 25.5 Å². The van der Waals surface area contributed by atoms with Crippen molar-refractivity contribution in [2.24, 2.45) is 7.05 Å². The monoisotopic (exact) mass is 453 g/mol. The highest BCUT2D eigenvalue weighted by Crippen LogP contribution is 2.26. The Balaban J connectivity index is 1.44. The number of anilines is 2. The number of benzene rings is 1. The van der Waals surface area contributed by atoms with Crippen LogP contribution in [0.5, 0.6) is 0 Å². The Morgan fingerprint density at radius 1 is 1.22 bits per heavy atom. The second kappa shape index (κ2) is 8.17. The number of amides is 1. The second-order valence-corrected chi connectivity index (χ2v) is 8.25. The van der Waals surface area contributed by atoms with Gasteiger partial charge in [0, 0.05) is 44.8 Å². The van der Waals surface area contributed by atoms with Crippen LogP contribution in [0.3, 0.4) is 0 Å². The molecular formula is C21H20FN7O2S. The summed E-state index contributed by atoms with van der Waals surface area (Å²) < 4.78 is 16.4. The molecule has 0 aliphatic carbocycles. The Kier molecular flexibility index (Phi) is 5.19. The van der Waals surface area contributed by atoms with Crippen LogP contribution in [-0.4, -0.2) is 51.2 Å². The first-order chi connectivity index (χ1) is 15.5. The van der Waals surface area contributed by atoms with Crippen molar-refractivity contribution in [3.05, 3.63) is 64.0 Å². The average molecular weight is 454 g/mol. The number of aryl methyl sites for hydroxylation is 1. The smallest absolute Gasteiger partial charge is 0.335 e. The van der Waals surface area contributed by atoms with Crippen LogP contribution in [0.25, 0.3) is 16.2 Å². The zero-order valence-electron chi connectivity index (χ0n) is 17.2. The zero-order valence-corrected chi connectivity index (χ0v) is 18.0. The zero-order chi connectivity index (χ0) is 22.2. The maximum atomic E-state index is 13.6. The molecule has 0 saturated carbocycles. The fourth-order valence-electron chi connectivity index (χ4n) is 3.82. The van der Waals surface area contributed by atoms with Crippen molar-refractivity contribution in [1.29, 1.82) is 0 Å². The molecule has 1 saturated heterocycles. The van der Waals surface area contributed by atoms with Crippen LogP contribution >= 0.6 is 11.3 Å². The molecule has 1 aliphatic rings. The fourth-order valence-corrected chi connectivity index (χ4v) is 4.63. The van der Waals surface area contributed by atoms with Gasteiger partial charge in [0.2, 0.25) is 0 Å². The van der Waals surface area contributed by atoms with Gasteiger partial charge in [0.05, 0.1) is 28.6 Å². The number of carbonyl (C=O) groups excluding carboxylic acids is 1. The minimum absolute atomic E-state index is 0.186. The Morgan fingerprint density at radius 2 is 2.03 bits per heavy atom. The van der Waals surface area contributed by atoms with Crippen molar-refractivity contribution < 1.29 is 9.18 Å². The number of hydrogen-bond acceptors (Lipinski definition) is 7. The number of rotatable bonds is 4. The van der Waals surface area contributed by atoms with Crippen LogP contribution in [0.1, 0.15) is 10.5 Å². The Labute approximate surface area is 186 Å². The summed E-state index contributed by atoms with van der Waals surface area (Å²) >= 11 is 1.17. The van der Waals surface area contributed by atoms with E-state index in [1.165, 1.54) is 38.7 Å². The van der Waals surface area contributed by atoms with Crippen molar-refractivity contribution in [1.82, 2.24) is 24.4 Å². The lowest BCUT2D eigenvalue weighted by Gasteiger charge is -2.30. The molecule has 1 aliphatic heterocycles. The third kappa shape index (κ3) is 3.55. The summed E-state index contributed by atoms with van der Waals surface area (Å²) in [5, 5.41) is 8.14. The minimum Gasteiger partial charge on any atom is -0.367 e. The highest BCUT2D eigenvalue weighted by molar-refractivity contribution is 7.12. The summed E-state index contributed by atoms with van der Waals surface area (Å²) in [6.07, 6.45) is 3.32. The molecule has 0 bridgehead atoms. The molecular weight excluding hydrogens is 433 g/mol. The molecule has 5 rings (SSSR count). The van der Waals surface area contributed by atoms with E-state index in [9.17, 15) is 14.0 Å². The molecule has 32 heavy (non-hydrogen) atoms. The van der Waals surface area contributed by atoms with Gasteiger partial charge in [-0.2, -0.15) is 0 Å². The lowest BCUT2D eigenvalue weighted by molar-refractivity contribution is 0.102. The molecule has 0 spiro atoms. The van der Waals surface area contributed by atoms with Crippen molar-refractivity contribution in [3.63, 3.8) is 0 Å². The Hall–Kier alpha value is -3.57. The predicted octanol–water partition coefficient (Wildman–Crippen LogP) is 1.98. The van der Waals surface area contributed by atoms with Crippen LogP contribution in [-0.2, 0) is 7.05 Å². The molecule has 11 heteroatoms. The molecule has 9 nitrogen and oxygen atoms in total. The number of nitrogens with zero attached hydrogens (tertiary/aromatic N) is 5. The van der Waals surface area contributed by atoms with E-state index < -0.39 is 11.7 Å². The molecule has 1 amide bonds. The lowest BCUT2D eigenvalue weighted by Crippen LogP contribution is -2.43. The molecule has 2 N–H and O–H groups in total. The number of nitrogens with one attached hydrogen (secondary N) is 2. The number of piperazine rings is 1. The molecule has 1 fully saturated rings. The quantitative estimate of drug-likeness (QED) is 0.491. The highest BCUT2D eigenvalue weighted by Gasteiger charge is 2.20. The summed E-state index contributed by atoms with van der Waals surface area (Å²) in [7, 11) is 1.57. The van der Waals surface area contributed by atoms with E-state index >= 15 is 0 Å². The number of carbonyl (C=O) groups is 1. The maximum Gasteiger partial charge on any atom is 0.335 e. The molecule has 3 aromatic heterocycles. The van der Waals surface area contributed by atoms with Crippen molar-refractivity contribution in [3.8, 4) is 5.13 Å². The van der Waals surface area contributed by atoms with Crippen LogP contribution in [0.2, 0.25) is 0 Å². The fraction of sp³-hybridized carbons (Fsp3) is 0.238. The van der Waals surface area contributed by atoms with E-state index in [-0.39, 0.29) is 11.4 Å². The maximum absolute atomic E-state index is 13.6. The summed E-state index contributed by atoms with van der Waals surface area (Å²) in [6, 6.07) is 6.00. The molecule has 0 atom stereocenters. The van der Waals surface area contributed by atoms with Gasteiger partial charge in [0.1, 0.15) is 11.5 Å². The third-order valence-corrected chi connectivity index (χ3v) is 6.26. The number of aromatic nitrogens is 4. The molecule has 4 heterocycles. The van der Waals surface area contributed by atoms with Crippen LogP contribution in [0, 0.1) is 5.82 Å². The largest absolute Gasteiger partial charge is 0.367 e. The standard InChI is InChI=1S/C21H20FN7O2S/c1-27-18-10-13(22)2-3-17(18)29(21(27)31)20-26-15(12-32-20)19(30)25-14-11-24-5-4-16(14)28-8-6-23-7-9-28/h2-5,10-12,23H,6-9H2,1H3,(H,25,30). The first kappa shape index (κ1) is 20.3. The lowest BCUT2D eigenvalue weighted by atomic mass is 10.2. The van der Waals surface area contributed by atoms with Gasteiger partial charge in [-0.15, -0.1) is 11.3 Å². The van der Waals surface area contributed by atoms with E-state index in [0.717, 1.165) is 31.9 Å². The molecule has 4 aromatic rings.